The number of hydrogen-bond donors (Lipinski definition) is 1. The minimum absolute atomic E-state index is 0.194. The van der Waals surface area contributed by atoms with Crippen molar-refractivity contribution >= 4 is 17.5 Å². The molecule has 124 valence electrons. The van der Waals surface area contributed by atoms with Crippen molar-refractivity contribution in [1.82, 2.24) is 15.3 Å². The zero-order valence-corrected chi connectivity index (χ0v) is 13.7. The molecule has 0 saturated carbocycles. The number of amides is 1. The van der Waals surface area contributed by atoms with Crippen molar-refractivity contribution in [3.63, 3.8) is 0 Å². The lowest BCUT2D eigenvalue weighted by Crippen LogP contribution is -2.25. The summed E-state index contributed by atoms with van der Waals surface area (Å²) in [6, 6.07) is 19.7. The average molecular weight is 330 g/mol. The van der Waals surface area contributed by atoms with E-state index in [0.29, 0.717) is 18.2 Å². The molecule has 0 atom stereocenters. The molecule has 2 heterocycles. The van der Waals surface area contributed by atoms with Crippen LogP contribution >= 0.6 is 0 Å². The average Bonchev–Trinajstić information content (AvgIpc) is 3.11. The second-order valence-electron chi connectivity index (χ2n) is 5.94. The van der Waals surface area contributed by atoms with E-state index in [1.165, 1.54) is 5.56 Å². The van der Waals surface area contributed by atoms with Gasteiger partial charge in [0.2, 0.25) is 5.95 Å². The third-order valence-corrected chi connectivity index (χ3v) is 4.30. The maximum absolute atomic E-state index is 12.4. The SMILES string of the molecule is O=C(NCc1ccccc1)c1ccnc(N2CCc3ccccc32)n1. The molecule has 0 spiro atoms. The number of nitrogens with zero attached hydrogens (tertiary/aromatic N) is 3. The number of nitrogens with one attached hydrogen (secondary N) is 1. The number of rotatable bonds is 4. The van der Waals surface area contributed by atoms with E-state index in [1.807, 2.05) is 42.5 Å². The highest BCUT2D eigenvalue weighted by atomic mass is 16.1. The number of hydrogen-bond acceptors (Lipinski definition) is 4. The molecular formula is C20H18N4O. The second-order valence-corrected chi connectivity index (χ2v) is 5.94. The Morgan fingerprint density at radius 3 is 2.72 bits per heavy atom. The van der Waals surface area contributed by atoms with Crippen LogP contribution in [0.2, 0.25) is 0 Å². The molecule has 1 aliphatic heterocycles. The summed E-state index contributed by atoms with van der Waals surface area (Å²) in [6.07, 6.45) is 2.60. The molecule has 0 aliphatic carbocycles. The summed E-state index contributed by atoms with van der Waals surface area (Å²) < 4.78 is 0. The van der Waals surface area contributed by atoms with Crippen LogP contribution in [-0.4, -0.2) is 22.4 Å². The van der Waals surface area contributed by atoms with Crippen molar-refractivity contribution in [3.8, 4) is 0 Å². The molecule has 4 rings (SSSR count). The summed E-state index contributed by atoms with van der Waals surface area (Å²) in [6.45, 7) is 1.31. The fourth-order valence-electron chi connectivity index (χ4n) is 3.02. The molecule has 1 N–H and O–H groups in total. The van der Waals surface area contributed by atoms with Gasteiger partial charge in [0, 0.05) is 25.0 Å². The van der Waals surface area contributed by atoms with Crippen LogP contribution in [0.25, 0.3) is 0 Å². The molecule has 2 aromatic carbocycles. The first-order chi connectivity index (χ1) is 12.3. The fourth-order valence-corrected chi connectivity index (χ4v) is 3.02. The van der Waals surface area contributed by atoms with Crippen molar-refractivity contribution in [3.05, 3.63) is 83.7 Å². The van der Waals surface area contributed by atoms with Gasteiger partial charge in [-0.1, -0.05) is 48.5 Å². The van der Waals surface area contributed by atoms with Gasteiger partial charge in [-0.05, 0) is 29.7 Å². The summed E-state index contributed by atoms with van der Waals surface area (Å²) in [7, 11) is 0. The van der Waals surface area contributed by atoms with Crippen molar-refractivity contribution in [2.45, 2.75) is 13.0 Å². The quantitative estimate of drug-likeness (QED) is 0.798. The van der Waals surface area contributed by atoms with E-state index in [0.717, 1.165) is 24.2 Å². The van der Waals surface area contributed by atoms with Crippen molar-refractivity contribution < 1.29 is 4.79 Å². The molecule has 1 amide bonds. The Kier molecular flexibility index (Phi) is 4.12. The van der Waals surface area contributed by atoms with Gasteiger partial charge in [0.1, 0.15) is 5.69 Å². The minimum atomic E-state index is -0.194. The van der Waals surface area contributed by atoms with Crippen molar-refractivity contribution in [1.29, 1.82) is 0 Å². The van der Waals surface area contributed by atoms with Gasteiger partial charge in [0.15, 0.2) is 0 Å². The van der Waals surface area contributed by atoms with Crippen LogP contribution in [-0.2, 0) is 13.0 Å². The van der Waals surface area contributed by atoms with Crippen LogP contribution in [0.5, 0.6) is 0 Å². The maximum Gasteiger partial charge on any atom is 0.270 e. The number of aromatic nitrogens is 2. The largest absolute Gasteiger partial charge is 0.347 e. The van der Waals surface area contributed by atoms with E-state index in [9.17, 15) is 4.79 Å². The van der Waals surface area contributed by atoms with Crippen molar-refractivity contribution in [2.24, 2.45) is 0 Å². The highest BCUT2D eigenvalue weighted by Gasteiger charge is 2.22. The van der Waals surface area contributed by atoms with Gasteiger partial charge in [-0.15, -0.1) is 0 Å². The molecule has 0 unspecified atom stereocenters. The van der Waals surface area contributed by atoms with E-state index in [2.05, 4.69) is 32.3 Å². The number of carbonyl (C=O) groups is 1. The summed E-state index contributed by atoms with van der Waals surface area (Å²) in [5.41, 5.74) is 3.83. The summed E-state index contributed by atoms with van der Waals surface area (Å²) >= 11 is 0. The van der Waals surface area contributed by atoms with Gasteiger partial charge in [-0.2, -0.15) is 0 Å². The highest BCUT2D eigenvalue weighted by molar-refractivity contribution is 5.92. The summed E-state index contributed by atoms with van der Waals surface area (Å²) in [4.78, 5) is 23.3. The van der Waals surface area contributed by atoms with Gasteiger partial charge in [-0.25, -0.2) is 9.97 Å². The van der Waals surface area contributed by atoms with E-state index in [1.54, 1.807) is 12.3 Å². The Morgan fingerprint density at radius 1 is 1.04 bits per heavy atom. The van der Waals surface area contributed by atoms with Crippen molar-refractivity contribution in [2.75, 3.05) is 11.4 Å². The van der Waals surface area contributed by atoms with Gasteiger partial charge in [0.05, 0.1) is 0 Å². The van der Waals surface area contributed by atoms with Crippen LogP contribution in [0.3, 0.4) is 0 Å². The van der Waals surface area contributed by atoms with E-state index >= 15 is 0 Å². The maximum atomic E-state index is 12.4. The molecule has 1 aromatic heterocycles. The Hall–Kier alpha value is -3.21. The molecule has 25 heavy (non-hydrogen) atoms. The van der Waals surface area contributed by atoms with E-state index in [-0.39, 0.29) is 5.91 Å². The normalized spacial score (nSPS) is 12.7. The first-order valence-electron chi connectivity index (χ1n) is 8.32. The topological polar surface area (TPSA) is 58.1 Å². The number of carbonyl (C=O) groups excluding carboxylic acids is 1. The van der Waals surface area contributed by atoms with Gasteiger partial charge < -0.3 is 10.2 Å². The zero-order valence-electron chi connectivity index (χ0n) is 13.7. The second kappa shape index (κ2) is 6.73. The molecule has 0 bridgehead atoms. The highest BCUT2D eigenvalue weighted by Crippen LogP contribution is 2.31. The molecule has 0 fully saturated rings. The minimum Gasteiger partial charge on any atom is -0.347 e. The Bertz CT molecular complexity index is 895. The number of para-hydroxylation sites is 1. The zero-order chi connectivity index (χ0) is 17.1. The van der Waals surface area contributed by atoms with Crippen LogP contribution in [0.15, 0.2) is 66.9 Å². The van der Waals surface area contributed by atoms with Gasteiger partial charge in [-0.3, -0.25) is 4.79 Å². The predicted molar refractivity (Wildman–Crippen MR) is 96.8 cm³/mol. The number of anilines is 2. The lowest BCUT2D eigenvalue weighted by molar-refractivity contribution is 0.0946. The van der Waals surface area contributed by atoms with E-state index < -0.39 is 0 Å². The molecule has 1 aliphatic rings. The lowest BCUT2D eigenvalue weighted by atomic mass is 10.2. The monoisotopic (exact) mass is 330 g/mol. The molecule has 0 saturated heterocycles. The number of fused-ring (bicyclic) bond motifs is 1. The smallest absolute Gasteiger partial charge is 0.270 e. The van der Waals surface area contributed by atoms with Gasteiger partial charge >= 0.3 is 0 Å². The van der Waals surface area contributed by atoms with Gasteiger partial charge in [0.25, 0.3) is 5.91 Å². The number of benzene rings is 2. The first-order valence-corrected chi connectivity index (χ1v) is 8.32. The molecule has 5 heteroatoms. The standard InChI is InChI=1S/C20H18N4O/c25-19(22-14-15-6-2-1-3-7-15)17-10-12-21-20(23-17)24-13-11-16-8-4-5-9-18(16)24/h1-10,12H,11,13-14H2,(H,22,25). The van der Waals surface area contributed by atoms with E-state index in [4.69, 9.17) is 0 Å². The fraction of sp³-hybridized carbons (Fsp3) is 0.150. The van der Waals surface area contributed by atoms with Crippen LogP contribution < -0.4 is 10.2 Å². The van der Waals surface area contributed by atoms with Crippen LogP contribution in [0.4, 0.5) is 11.6 Å². The Morgan fingerprint density at radius 2 is 1.84 bits per heavy atom. The summed E-state index contributed by atoms with van der Waals surface area (Å²) in [5.74, 6) is 0.372. The predicted octanol–water partition coefficient (Wildman–Crippen LogP) is 3.10. The molecular weight excluding hydrogens is 312 g/mol. The van der Waals surface area contributed by atoms with Crippen LogP contribution in [0, 0.1) is 0 Å². The Balaban J connectivity index is 1.51. The lowest BCUT2D eigenvalue weighted by Gasteiger charge is -2.17. The first kappa shape index (κ1) is 15.3. The summed E-state index contributed by atoms with van der Waals surface area (Å²) in [5, 5.41) is 2.90. The van der Waals surface area contributed by atoms with Crippen LogP contribution in [0.1, 0.15) is 21.6 Å². The molecule has 5 nitrogen and oxygen atoms in total. The third-order valence-electron chi connectivity index (χ3n) is 4.30. The molecule has 3 aromatic rings. The third kappa shape index (κ3) is 3.21. The molecule has 0 radical (unpaired) electrons. The Labute approximate surface area is 146 Å².